The van der Waals surface area contributed by atoms with Crippen molar-refractivity contribution in [2.45, 2.75) is 30.7 Å². The maximum absolute atomic E-state index is 12.7. The molecule has 2 atom stereocenters. The molecule has 3 aliphatic rings. The number of hydrogen-bond acceptors (Lipinski definition) is 6. The fourth-order valence-electron chi connectivity index (χ4n) is 5.14. The number of nitrogens with zero attached hydrogens (tertiary/aromatic N) is 1. The molecular weight excluding hydrogens is 358 g/mol. The number of rotatable bonds is 4. The number of fused-ring (bicyclic) bond motifs is 1. The molecule has 0 spiro atoms. The number of aryl methyl sites for hydroxylation is 1. The molecule has 6 nitrogen and oxygen atoms in total. The van der Waals surface area contributed by atoms with Crippen LogP contribution in [0.25, 0.3) is 0 Å². The average molecular weight is 385 g/mol. The molecule has 0 saturated carbocycles. The summed E-state index contributed by atoms with van der Waals surface area (Å²) < 4.78 is 22.6. The highest BCUT2D eigenvalue weighted by molar-refractivity contribution is 6.05. The molecule has 0 unspecified atom stereocenters. The lowest BCUT2D eigenvalue weighted by molar-refractivity contribution is -0.114. The van der Waals surface area contributed by atoms with Crippen LogP contribution in [-0.4, -0.2) is 58.8 Å². The van der Waals surface area contributed by atoms with Gasteiger partial charge in [-0.25, -0.2) is 0 Å². The number of likely N-dealkylation sites (N-methyl/N-ethyl adjacent to an activating group) is 1. The molecule has 6 heteroatoms. The first kappa shape index (κ1) is 18.9. The molecule has 1 aromatic carbocycles. The molecule has 4 rings (SSSR count). The number of benzene rings is 1. The van der Waals surface area contributed by atoms with E-state index < -0.39 is 5.41 Å². The maximum atomic E-state index is 12.7. The third-order valence-electron chi connectivity index (χ3n) is 6.44. The summed E-state index contributed by atoms with van der Waals surface area (Å²) in [5.41, 5.74) is 2.90. The van der Waals surface area contributed by atoms with E-state index in [9.17, 15) is 4.79 Å². The van der Waals surface area contributed by atoms with Gasteiger partial charge >= 0.3 is 0 Å². The summed E-state index contributed by atoms with van der Waals surface area (Å²) in [7, 11) is 8.59. The molecule has 2 aliphatic carbocycles. The van der Waals surface area contributed by atoms with Crippen molar-refractivity contribution < 1.29 is 23.7 Å². The largest absolute Gasteiger partial charge is 0.493 e. The summed E-state index contributed by atoms with van der Waals surface area (Å²) in [6.07, 6.45) is 6.42. The minimum Gasteiger partial charge on any atom is -0.493 e. The molecular formula is C22H27NO5. The number of ketones is 1. The van der Waals surface area contributed by atoms with Crippen molar-refractivity contribution in [2.75, 3.05) is 42.0 Å². The van der Waals surface area contributed by atoms with Crippen molar-refractivity contribution in [3.05, 3.63) is 40.7 Å². The first-order valence-corrected chi connectivity index (χ1v) is 9.56. The third kappa shape index (κ3) is 2.47. The number of carbonyl (C=O) groups is 1. The van der Waals surface area contributed by atoms with Crippen LogP contribution in [0.5, 0.6) is 17.2 Å². The second-order valence-electron chi connectivity index (χ2n) is 7.61. The van der Waals surface area contributed by atoms with Gasteiger partial charge in [-0.15, -0.1) is 0 Å². The molecule has 0 N–H and O–H groups in total. The predicted molar refractivity (Wildman–Crippen MR) is 105 cm³/mol. The van der Waals surface area contributed by atoms with Gasteiger partial charge in [0, 0.05) is 17.0 Å². The summed E-state index contributed by atoms with van der Waals surface area (Å²) in [6, 6.07) is 2.25. The van der Waals surface area contributed by atoms with Crippen molar-refractivity contribution in [1.82, 2.24) is 4.90 Å². The van der Waals surface area contributed by atoms with E-state index in [2.05, 4.69) is 18.0 Å². The summed E-state index contributed by atoms with van der Waals surface area (Å²) >= 11 is 0. The zero-order valence-electron chi connectivity index (χ0n) is 17.1. The van der Waals surface area contributed by atoms with E-state index in [1.165, 1.54) is 5.56 Å². The van der Waals surface area contributed by atoms with Crippen LogP contribution in [0.15, 0.2) is 29.6 Å². The second kappa shape index (κ2) is 6.85. The SMILES string of the molecule is COC1=C[C@@]23CCN(C)[C@@H](CCc4cc(OC)c(OC)c(OC)c42)C3=CC1=O. The van der Waals surface area contributed by atoms with Gasteiger partial charge in [0.25, 0.3) is 0 Å². The highest BCUT2D eigenvalue weighted by Crippen LogP contribution is 2.56. The molecule has 0 aromatic heterocycles. The molecule has 1 fully saturated rings. The van der Waals surface area contributed by atoms with Crippen LogP contribution in [0, 0.1) is 0 Å². The van der Waals surface area contributed by atoms with Crippen molar-refractivity contribution in [2.24, 2.45) is 0 Å². The van der Waals surface area contributed by atoms with Gasteiger partial charge < -0.3 is 18.9 Å². The van der Waals surface area contributed by atoms with Crippen LogP contribution in [0.2, 0.25) is 0 Å². The van der Waals surface area contributed by atoms with E-state index in [4.69, 9.17) is 18.9 Å². The molecule has 0 radical (unpaired) electrons. The summed E-state index contributed by atoms with van der Waals surface area (Å²) in [4.78, 5) is 15.0. The number of hydrogen-bond donors (Lipinski definition) is 0. The highest BCUT2D eigenvalue weighted by Gasteiger charge is 2.51. The second-order valence-corrected chi connectivity index (χ2v) is 7.61. The third-order valence-corrected chi connectivity index (χ3v) is 6.44. The molecule has 2 bridgehead atoms. The standard InChI is InChI=1S/C22H27NO5/c1-23-9-8-22-12-18(26-3)16(24)11-14(22)15(23)7-6-13-10-17(25-2)20(27-4)21(28-5)19(13)22/h10-12,15H,6-9H2,1-5H3/t15-,22+/m0/s1. The number of allylic oxidation sites excluding steroid dienone is 2. The summed E-state index contributed by atoms with van der Waals surface area (Å²) in [6.45, 7) is 0.917. The van der Waals surface area contributed by atoms with Crippen molar-refractivity contribution >= 4 is 5.78 Å². The van der Waals surface area contributed by atoms with Gasteiger partial charge in [0.1, 0.15) is 0 Å². The quantitative estimate of drug-likeness (QED) is 0.794. The van der Waals surface area contributed by atoms with E-state index in [0.29, 0.717) is 23.0 Å². The number of methoxy groups -OCH3 is 4. The fraction of sp³-hybridized carbons (Fsp3) is 0.500. The lowest BCUT2D eigenvalue weighted by Crippen LogP contribution is -2.49. The van der Waals surface area contributed by atoms with Gasteiger partial charge in [0.15, 0.2) is 17.3 Å². The Kier molecular flexibility index (Phi) is 4.62. The number of carbonyl (C=O) groups excluding carboxylic acids is 1. The minimum absolute atomic E-state index is 0.0729. The number of likely N-dealkylation sites (tertiary alicyclic amines) is 1. The predicted octanol–water partition coefficient (Wildman–Crippen LogP) is 2.64. The van der Waals surface area contributed by atoms with Crippen LogP contribution in [0.4, 0.5) is 0 Å². The van der Waals surface area contributed by atoms with E-state index in [1.807, 2.05) is 6.08 Å². The van der Waals surface area contributed by atoms with Gasteiger partial charge in [-0.05, 0) is 62.2 Å². The zero-order valence-corrected chi connectivity index (χ0v) is 17.1. The smallest absolute Gasteiger partial charge is 0.220 e. The molecule has 0 amide bonds. The Morgan fingerprint density at radius 2 is 1.82 bits per heavy atom. The van der Waals surface area contributed by atoms with Gasteiger partial charge in [-0.1, -0.05) is 0 Å². The van der Waals surface area contributed by atoms with Crippen molar-refractivity contribution in [3.8, 4) is 17.2 Å². The zero-order chi connectivity index (χ0) is 20.1. The fourth-order valence-corrected chi connectivity index (χ4v) is 5.14. The van der Waals surface area contributed by atoms with E-state index in [0.717, 1.165) is 36.9 Å². The Morgan fingerprint density at radius 3 is 2.46 bits per heavy atom. The van der Waals surface area contributed by atoms with E-state index in [1.54, 1.807) is 34.5 Å². The summed E-state index contributed by atoms with van der Waals surface area (Å²) in [5, 5.41) is 0. The molecule has 150 valence electrons. The maximum Gasteiger partial charge on any atom is 0.220 e. The van der Waals surface area contributed by atoms with E-state index >= 15 is 0 Å². The lowest BCUT2D eigenvalue weighted by Gasteiger charge is -2.47. The van der Waals surface area contributed by atoms with Gasteiger partial charge in [-0.2, -0.15) is 0 Å². The highest BCUT2D eigenvalue weighted by atomic mass is 16.5. The van der Waals surface area contributed by atoms with E-state index in [-0.39, 0.29) is 11.8 Å². The van der Waals surface area contributed by atoms with Crippen LogP contribution < -0.4 is 14.2 Å². The Morgan fingerprint density at radius 1 is 1.07 bits per heavy atom. The van der Waals surface area contributed by atoms with Gasteiger partial charge in [-0.3, -0.25) is 9.69 Å². The normalized spacial score (nSPS) is 26.3. The van der Waals surface area contributed by atoms with Crippen LogP contribution in [0.1, 0.15) is 24.0 Å². The molecule has 1 saturated heterocycles. The Labute approximate surface area is 165 Å². The first-order valence-electron chi connectivity index (χ1n) is 9.56. The Bertz CT molecular complexity index is 887. The average Bonchev–Trinajstić information content (AvgIpc) is 2.80. The molecule has 1 aromatic rings. The Balaban J connectivity index is 2.08. The Hall–Kier alpha value is -2.47. The molecule has 1 aliphatic heterocycles. The van der Waals surface area contributed by atoms with Crippen LogP contribution >= 0.6 is 0 Å². The molecule has 28 heavy (non-hydrogen) atoms. The van der Waals surface area contributed by atoms with Crippen molar-refractivity contribution in [1.29, 1.82) is 0 Å². The summed E-state index contributed by atoms with van der Waals surface area (Å²) in [5.74, 6) is 2.23. The number of piperidine rings is 1. The lowest BCUT2D eigenvalue weighted by atomic mass is 9.64. The monoisotopic (exact) mass is 385 g/mol. The van der Waals surface area contributed by atoms with Crippen LogP contribution in [0.3, 0.4) is 0 Å². The van der Waals surface area contributed by atoms with Gasteiger partial charge in [0.05, 0.1) is 28.4 Å². The van der Waals surface area contributed by atoms with Gasteiger partial charge in [0.2, 0.25) is 11.5 Å². The van der Waals surface area contributed by atoms with Crippen molar-refractivity contribution in [3.63, 3.8) is 0 Å². The molecule has 1 heterocycles. The number of ether oxygens (including phenoxy) is 4. The minimum atomic E-state index is -0.451. The van der Waals surface area contributed by atoms with Crippen LogP contribution in [-0.2, 0) is 21.4 Å². The topological polar surface area (TPSA) is 57.2 Å². The first-order chi connectivity index (χ1) is 13.5.